The molecule has 0 aliphatic carbocycles. The van der Waals surface area contributed by atoms with Gasteiger partial charge in [0.25, 0.3) is 11.8 Å². The molecule has 0 unspecified atom stereocenters. The van der Waals surface area contributed by atoms with Crippen LogP contribution in [-0.4, -0.2) is 62.2 Å². The van der Waals surface area contributed by atoms with Crippen LogP contribution < -0.4 is 10.6 Å². The van der Waals surface area contributed by atoms with E-state index in [0.29, 0.717) is 35.3 Å². The molecule has 0 bridgehead atoms. The summed E-state index contributed by atoms with van der Waals surface area (Å²) in [6, 6.07) is 6.29. The highest BCUT2D eigenvalue weighted by atomic mass is 32.2. The third-order valence-electron chi connectivity index (χ3n) is 5.96. The van der Waals surface area contributed by atoms with E-state index in [9.17, 15) is 18.0 Å². The molecule has 0 fully saturated rings. The lowest BCUT2D eigenvalue weighted by atomic mass is 10.0. The standard InChI is InChI=1S/C23H32N4O4S2/c1-6-27(7-2)33(30,31)17-10-8-16(9-11-17)21(28)25-23-20(22(29)24-5)18-12-13-26(15(3)4)14-19(18)32-23/h8-11,15H,6-7,12-14H2,1-5H3,(H,24,29)(H,25,28). The molecule has 8 nitrogen and oxygen atoms in total. The van der Waals surface area contributed by atoms with Gasteiger partial charge in [-0.3, -0.25) is 14.5 Å². The van der Waals surface area contributed by atoms with Crippen LogP contribution in [0.5, 0.6) is 0 Å². The van der Waals surface area contributed by atoms with Crippen molar-refractivity contribution in [3.8, 4) is 0 Å². The van der Waals surface area contributed by atoms with Crippen molar-refractivity contribution in [3.63, 3.8) is 0 Å². The Kier molecular flexibility index (Phi) is 7.94. The van der Waals surface area contributed by atoms with Gasteiger partial charge in [0.1, 0.15) is 5.00 Å². The first kappa shape index (κ1) is 25.4. The number of benzene rings is 1. The Morgan fingerprint density at radius 3 is 2.30 bits per heavy atom. The summed E-state index contributed by atoms with van der Waals surface area (Å²) in [4.78, 5) is 29.2. The molecule has 180 valence electrons. The first-order valence-corrected chi connectivity index (χ1v) is 13.4. The molecule has 10 heteroatoms. The minimum atomic E-state index is -3.59. The zero-order valence-electron chi connectivity index (χ0n) is 19.8. The fourth-order valence-corrected chi connectivity index (χ4v) is 6.71. The zero-order valence-corrected chi connectivity index (χ0v) is 21.4. The van der Waals surface area contributed by atoms with Crippen LogP contribution in [0, 0.1) is 0 Å². The van der Waals surface area contributed by atoms with Gasteiger partial charge in [0.05, 0.1) is 10.5 Å². The van der Waals surface area contributed by atoms with Crippen LogP contribution >= 0.6 is 11.3 Å². The second kappa shape index (κ2) is 10.3. The molecule has 33 heavy (non-hydrogen) atoms. The lowest BCUT2D eigenvalue weighted by Crippen LogP contribution is -2.35. The van der Waals surface area contributed by atoms with Crippen LogP contribution in [0.2, 0.25) is 0 Å². The predicted molar refractivity (Wildman–Crippen MR) is 131 cm³/mol. The Morgan fingerprint density at radius 1 is 1.12 bits per heavy atom. The summed E-state index contributed by atoms with van der Waals surface area (Å²) in [6.07, 6.45) is 0.751. The Bertz CT molecular complexity index is 1120. The number of carbonyl (C=O) groups excluding carboxylic acids is 2. The molecule has 1 aromatic heterocycles. The molecule has 0 saturated carbocycles. The van der Waals surface area contributed by atoms with Crippen molar-refractivity contribution in [2.24, 2.45) is 0 Å². The smallest absolute Gasteiger partial charge is 0.256 e. The number of thiophene rings is 1. The number of nitrogens with zero attached hydrogens (tertiary/aromatic N) is 2. The van der Waals surface area contributed by atoms with E-state index in [-0.39, 0.29) is 16.7 Å². The van der Waals surface area contributed by atoms with Gasteiger partial charge in [-0.25, -0.2) is 8.42 Å². The summed E-state index contributed by atoms with van der Waals surface area (Å²) in [7, 11) is -2.01. The van der Waals surface area contributed by atoms with Gasteiger partial charge in [0, 0.05) is 49.7 Å². The quantitative estimate of drug-likeness (QED) is 0.590. The van der Waals surface area contributed by atoms with E-state index in [0.717, 1.165) is 30.0 Å². The maximum Gasteiger partial charge on any atom is 0.256 e. The number of rotatable bonds is 8. The van der Waals surface area contributed by atoms with E-state index >= 15 is 0 Å². The molecule has 2 heterocycles. The summed E-state index contributed by atoms with van der Waals surface area (Å²) < 4.78 is 26.7. The summed E-state index contributed by atoms with van der Waals surface area (Å²) in [6.45, 7) is 10.2. The normalized spacial score (nSPS) is 14.4. The van der Waals surface area contributed by atoms with Crippen molar-refractivity contribution in [2.75, 3.05) is 32.0 Å². The molecule has 1 aliphatic rings. The van der Waals surface area contributed by atoms with Crippen LogP contribution in [0.15, 0.2) is 29.2 Å². The largest absolute Gasteiger partial charge is 0.355 e. The molecular weight excluding hydrogens is 460 g/mol. The monoisotopic (exact) mass is 492 g/mol. The highest BCUT2D eigenvalue weighted by Gasteiger charge is 2.29. The predicted octanol–water partition coefficient (Wildman–Crippen LogP) is 3.16. The van der Waals surface area contributed by atoms with E-state index in [1.165, 1.54) is 39.9 Å². The maximum absolute atomic E-state index is 13.0. The minimum Gasteiger partial charge on any atom is -0.355 e. The van der Waals surface area contributed by atoms with Crippen LogP contribution in [0.3, 0.4) is 0 Å². The maximum atomic E-state index is 13.0. The molecule has 0 radical (unpaired) electrons. The van der Waals surface area contributed by atoms with E-state index in [1.807, 2.05) is 0 Å². The molecule has 2 N–H and O–H groups in total. The van der Waals surface area contributed by atoms with Crippen molar-refractivity contribution >= 4 is 38.2 Å². The number of fused-ring (bicyclic) bond motifs is 1. The number of carbonyl (C=O) groups is 2. The van der Waals surface area contributed by atoms with Gasteiger partial charge in [0.2, 0.25) is 10.0 Å². The van der Waals surface area contributed by atoms with Crippen molar-refractivity contribution in [3.05, 3.63) is 45.8 Å². The topological polar surface area (TPSA) is 98.8 Å². The van der Waals surface area contributed by atoms with Crippen molar-refractivity contribution < 1.29 is 18.0 Å². The molecule has 3 rings (SSSR count). The molecule has 0 atom stereocenters. The number of anilines is 1. The highest BCUT2D eigenvalue weighted by molar-refractivity contribution is 7.89. The molecule has 1 aliphatic heterocycles. The Morgan fingerprint density at radius 2 is 1.76 bits per heavy atom. The number of hydrogen-bond acceptors (Lipinski definition) is 6. The van der Waals surface area contributed by atoms with Gasteiger partial charge in [-0.15, -0.1) is 11.3 Å². The Hall–Kier alpha value is -2.27. The Balaban J connectivity index is 1.86. The van der Waals surface area contributed by atoms with E-state index in [4.69, 9.17) is 0 Å². The summed E-state index contributed by atoms with van der Waals surface area (Å²) in [5.74, 6) is -0.604. The lowest BCUT2D eigenvalue weighted by molar-refractivity contribution is 0.0962. The summed E-state index contributed by atoms with van der Waals surface area (Å²) in [5, 5.41) is 6.09. The number of hydrogen-bond donors (Lipinski definition) is 2. The van der Waals surface area contributed by atoms with Crippen molar-refractivity contribution in [1.82, 2.24) is 14.5 Å². The van der Waals surface area contributed by atoms with E-state index in [1.54, 1.807) is 20.9 Å². The molecule has 1 aromatic carbocycles. The summed E-state index contributed by atoms with van der Waals surface area (Å²) >= 11 is 1.43. The average molecular weight is 493 g/mol. The van der Waals surface area contributed by atoms with Crippen molar-refractivity contribution in [2.45, 2.75) is 51.6 Å². The number of sulfonamides is 1. The van der Waals surface area contributed by atoms with Gasteiger partial charge in [0.15, 0.2) is 0 Å². The molecule has 0 saturated heterocycles. The van der Waals surface area contributed by atoms with Gasteiger partial charge < -0.3 is 10.6 Å². The van der Waals surface area contributed by atoms with Gasteiger partial charge in [-0.05, 0) is 50.1 Å². The zero-order chi connectivity index (χ0) is 24.3. The molecule has 2 aromatic rings. The second-order valence-electron chi connectivity index (χ2n) is 8.17. The number of nitrogens with one attached hydrogen (secondary N) is 2. The average Bonchev–Trinajstić information content (AvgIpc) is 3.16. The van der Waals surface area contributed by atoms with Gasteiger partial charge >= 0.3 is 0 Å². The highest BCUT2D eigenvalue weighted by Crippen LogP contribution is 2.37. The number of amides is 2. The van der Waals surface area contributed by atoms with Gasteiger partial charge in [-0.1, -0.05) is 13.8 Å². The lowest BCUT2D eigenvalue weighted by Gasteiger charge is -2.30. The van der Waals surface area contributed by atoms with Gasteiger partial charge in [-0.2, -0.15) is 4.31 Å². The fraction of sp³-hybridized carbons (Fsp3) is 0.478. The SMILES string of the molecule is CCN(CC)S(=O)(=O)c1ccc(C(=O)Nc2sc3c(c2C(=O)NC)CCN(C(C)C)C3)cc1. The second-order valence-corrected chi connectivity index (χ2v) is 11.2. The molecule has 0 spiro atoms. The van der Waals surface area contributed by atoms with E-state index < -0.39 is 10.0 Å². The summed E-state index contributed by atoms with van der Waals surface area (Å²) in [5.41, 5.74) is 1.84. The first-order valence-electron chi connectivity index (χ1n) is 11.2. The van der Waals surface area contributed by atoms with Crippen LogP contribution in [0.4, 0.5) is 5.00 Å². The van der Waals surface area contributed by atoms with E-state index in [2.05, 4.69) is 29.4 Å². The molecular formula is C23H32N4O4S2. The van der Waals surface area contributed by atoms with Crippen LogP contribution in [0.25, 0.3) is 0 Å². The van der Waals surface area contributed by atoms with Crippen LogP contribution in [0.1, 0.15) is 58.9 Å². The Labute approximate surface area is 200 Å². The third-order valence-corrected chi connectivity index (χ3v) is 9.15. The van der Waals surface area contributed by atoms with Crippen LogP contribution in [-0.2, 0) is 23.0 Å². The first-order chi connectivity index (χ1) is 15.6. The van der Waals surface area contributed by atoms with Crippen molar-refractivity contribution in [1.29, 1.82) is 0 Å². The fourth-order valence-electron chi connectivity index (χ4n) is 3.98. The third kappa shape index (κ3) is 5.13. The minimum absolute atomic E-state index is 0.147. The molecule has 2 amide bonds.